The van der Waals surface area contributed by atoms with E-state index in [0.717, 1.165) is 34.8 Å². The van der Waals surface area contributed by atoms with E-state index in [4.69, 9.17) is 9.73 Å². The summed E-state index contributed by atoms with van der Waals surface area (Å²) in [6, 6.07) is 9.62. The predicted octanol–water partition coefficient (Wildman–Crippen LogP) is 2.98. The van der Waals surface area contributed by atoms with Crippen LogP contribution in [0.2, 0.25) is 0 Å². The first-order valence-corrected chi connectivity index (χ1v) is 9.23. The summed E-state index contributed by atoms with van der Waals surface area (Å²) >= 11 is 0. The van der Waals surface area contributed by atoms with Crippen LogP contribution in [-0.4, -0.2) is 42.0 Å². The molecule has 0 amide bonds. The first kappa shape index (κ1) is 16.3. The second kappa shape index (κ2) is 5.57. The van der Waals surface area contributed by atoms with Gasteiger partial charge in [-0.1, -0.05) is 0 Å². The molecule has 0 saturated carbocycles. The summed E-state index contributed by atoms with van der Waals surface area (Å²) in [5.41, 5.74) is 3.50. The number of carbonyl (C=O) groups is 1. The molecular formula is C21H21N3O3. The van der Waals surface area contributed by atoms with Crippen molar-refractivity contribution in [2.45, 2.75) is 25.9 Å². The summed E-state index contributed by atoms with van der Waals surface area (Å²) in [5, 5.41) is 14.5. The molecule has 1 atom stereocenters. The van der Waals surface area contributed by atoms with Crippen LogP contribution in [-0.2, 0) is 0 Å². The first-order valence-electron chi connectivity index (χ1n) is 9.23. The molecule has 3 aliphatic rings. The number of benzene rings is 2. The number of aliphatic hydroxyl groups is 1. The molecule has 3 heterocycles. The lowest BCUT2D eigenvalue weighted by Gasteiger charge is -2.30. The lowest BCUT2D eigenvalue weighted by molar-refractivity contribution is 0.0602. The fourth-order valence-corrected chi connectivity index (χ4v) is 4.04. The number of rotatable bonds is 1. The Kier molecular flexibility index (Phi) is 3.37. The molecule has 1 fully saturated rings. The summed E-state index contributed by atoms with van der Waals surface area (Å²) in [4.78, 5) is 19.8. The Balaban J connectivity index is 1.62. The van der Waals surface area contributed by atoms with Gasteiger partial charge < -0.3 is 20.1 Å². The van der Waals surface area contributed by atoms with Crippen molar-refractivity contribution < 1.29 is 14.6 Å². The highest BCUT2D eigenvalue weighted by atomic mass is 16.5. The molecule has 0 spiro atoms. The highest BCUT2D eigenvalue weighted by molar-refractivity contribution is 6.28. The molecule has 27 heavy (non-hydrogen) atoms. The van der Waals surface area contributed by atoms with Crippen LogP contribution >= 0.6 is 0 Å². The second-order valence-electron chi connectivity index (χ2n) is 7.44. The van der Waals surface area contributed by atoms with Gasteiger partial charge in [0.2, 0.25) is 5.78 Å². The number of ether oxygens (including phenoxy) is 1. The Morgan fingerprint density at radius 3 is 2.89 bits per heavy atom. The number of nitrogens with one attached hydrogen (secondary N) is 1. The molecule has 138 valence electrons. The van der Waals surface area contributed by atoms with Crippen molar-refractivity contribution in [1.29, 1.82) is 0 Å². The van der Waals surface area contributed by atoms with E-state index < -0.39 is 5.60 Å². The molecule has 6 nitrogen and oxygen atoms in total. The summed E-state index contributed by atoms with van der Waals surface area (Å²) < 4.78 is 5.64. The van der Waals surface area contributed by atoms with Crippen molar-refractivity contribution in [2.24, 2.45) is 4.99 Å². The highest BCUT2D eigenvalue weighted by Crippen LogP contribution is 2.41. The van der Waals surface area contributed by atoms with Gasteiger partial charge in [-0.25, -0.2) is 4.99 Å². The third-order valence-corrected chi connectivity index (χ3v) is 5.73. The van der Waals surface area contributed by atoms with E-state index in [9.17, 15) is 9.90 Å². The van der Waals surface area contributed by atoms with Crippen LogP contribution in [0.3, 0.4) is 0 Å². The van der Waals surface area contributed by atoms with Gasteiger partial charge >= 0.3 is 0 Å². The molecule has 5 rings (SSSR count). The van der Waals surface area contributed by atoms with Gasteiger partial charge in [-0.2, -0.15) is 0 Å². The third-order valence-electron chi connectivity index (χ3n) is 5.73. The van der Waals surface area contributed by atoms with Crippen molar-refractivity contribution in [3.63, 3.8) is 0 Å². The van der Waals surface area contributed by atoms with Crippen molar-refractivity contribution >= 4 is 28.7 Å². The fraction of sp³-hybridized carbons (Fsp3) is 0.333. The molecule has 1 unspecified atom stereocenters. The number of nitrogens with zero attached hydrogens (tertiary/aromatic N) is 2. The number of anilines is 2. The smallest absolute Gasteiger partial charge is 0.204 e. The first-order chi connectivity index (χ1) is 13.0. The summed E-state index contributed by atoms with van der Waals surface area (Å²) in [7, 11) is 0. The quantitative estimate of drug-likeness (QED) is 0.815. The maximum Gasteiger partial charge on any atom is 0.204 e. The van der Waals surface area contributed by atoms with Gasteiger partial charge in [0, 0.05) is 30.8 Å². The Hall–Kier alpha value is -2.86. The minimum absolute atomic E-state index is 0.257. The Morgan fingerprint density at radius 1 is 1.22 bits per heavy atom. The number of aliphatic imine (C=N–C) groups is 1. The molecule has 0 radical (unpaired) electrons. The van der Waals surface area contributed by atoms with Gasteiger partial charge in [0.25, 0.3) is 0 Å². The zero-order chi connectivity index (χ0) is 18.8. The summed E-state index contributed by atoms with van der Waals surface area (Å²) in [6.07, 6.45) is 0.331. The summed E-state index contributed by atoms with van der Waals surface area (Å²) in [5.74, 6) is 0.977. The summed E-state index contributed by atoms with van der Waals surface area (Å²) in [6.45, 7) is 5.91. The molecule has 0 aliphatic carbocycles. The average Bonchev–Trinajstić information content (AvgIpc) is 3.01. The standard InChI is InChI=1S/C21H21N3O3/c1-12-9-15-16(10-13(12)2)23-20-21(26,19(15)25)5-7-24(20)14-3-4-18-17(11-14)22-6-8-27-18/h3-4,9-11,22,26H,5-8H2,1-2H3. The maximum atomic E-state index is 13.1. The topological polar surface area (TPSA) is 74.2 Å². The molecule has 2 N–H and O–H groups in total. The van der Waals surface area contributed by atoms with Crippen LogP contribution in [0, 0.1) is 13.8 Å². The largest absolute Gasteiger partial charge is 0.490 e. The van der Waals surface area contributed by atoms with Crippen molar-refractivity contribution in [2.75, 3.05) is 29.9 Å². The van der Waals surface area contributed by atoms with Crippen LogP contribution in [0.5, 0.6) is 5.75 Å². The van der Waals surface area contributed by atoms with Gasteiger partial charge in [-0.3, -0.25) is 4.79 Å². The lowest BCUT2D eigenvalue weighted by atomic mass is 9.86. The highest BCUT2D eigenvalue weighted by Gasteiger charge is 2.52. The number of amidine groups is 1. The van der Waals surface area contributed by atoms with Crippen LogP contribution in [0.25, 0.3) is 0 Å². The number of Topliss-reactive ketones (excluding diaryl/α,β-unsaturated/α-hetero) is 1. The van der Waals surface area contributed by atoms with Crippen LogP contribution in [0.1, 0.15) is 27.9 Å². The number of aryl methyl sites for hydroxylation is 2. The minimum Gasteiger partial charge on any atom is -0.490 e. The van der Waals surface area contributed by atoms with E-state index in [1.54, 1.807) is 0 Å². The fourth-order valence-electron chi connectivity index (χ4n) is 4.04. The second-order valence-corrected chi connectivity index (χ2v) is 7.44. The van der Waals surface area contributed by atoms with Crippen LogP contribution < -0.4 is 15.0 Å². The average molecular weight is 363 g/mol. The SMILES string of the molecule is Cc1cc2c(cc1C)C(=O)C1(O)CCN(c3ccc4c(c3)NCCO4)C1=N2. The van der Waals surface area contributed by atoms with Crippen molar-refractivity contribution in [3.8, 4) is 5.75 Å². The van der Waals surface area contributed by atoms with Crippen LogP contribution in [0.4, 0.5) is 17.1 Å². The normalized spacial score (nSPS) is 23.0. The molecule has 3 aliphatic heterocycles. The van der Waals surface area contributed by atoms with E-state index in [2.05, 4.69) is 5.32 Å². The predicted molar refractivity (Wildman–Crippen MR) is 105 cm³/mol. The van der Waals surface area contributed by atoms with Crippen molar-refractivity contribution in [1.82, 2.24) is 0 Å². The molecule has 0 aromatic heterocycles. The number of carbonyl (C=O) groups excluding carboxylic acids is 1. The molecular weight excluding hydrogens is 342 g/mol. The van der Waals surface area contributed by atoms with E-state index in [1.165, 1.54) is 0 Å². The van der Waals surface area contributed by atoms with Crippen molar-refractivity contribution in [3.05, 3.63) is 47.0 Å². The van der Waals surface area contributed by atoms with E-state index in [0.29, 0.717) is 36.7 Å². The van der Waals surface area contributed by atoms with Gasteiger partial charge in [0.05, 0.1) is 11.4 Å². The number of fused-ring (bicyclic) bond motifs is 3. The Labute approximate surface area is 157 Å². The third kappa shape index (κ3) is 2.29. The molecule has 1 saturated heterocycles. The minimum atomic E-state index is -1.56. The Morgan fingerprint density at radius 2 is 2.04 bits per heavy atom. The monoisotopic (exact) mass is 363 g/mol. The zero-order valence-corrected chi connectivity index (χ0v) is 15.4. The van der Waals surface area contributed by atoms with Gasteiger partial charge in [0.15, 0.2) is 5.60 Å². The molecule has 2 aromatic carbocycles. The van der Waals surface area contributed by atoms with E-state index in [-0.39, 0.29) is 5.78 Å². The molecule has 2 aromatic rings. The molecule has 0 bridgehead atoms. The number of ketones is 1. The molecule has 6 heteroatoms. The number of hydrogen-bond acceptors (Lipinski definition) is 6. The lowest BCUT2D eigenvalue weighted by Crippen LogP contribution is -2.48. The maximum absolute atomic E-state index is 13.1. The Bertz CT molecular complexity index is 1010. The van der Waals surface area contributed by atoms with Gasteiger partial charge in [0.1, 0.15) is 18.2 Å². The van der Waals surface area contributed by atoms with Gasteiger partial charge in [-0.15, -0.1) is 0 Å². The van der Waals surface area contributed by atoms with Crippen LogP contribution in [0.15, 0.2) is 35.3 Å². The zero-order valence-electron chi connectivity index (χ0n) is 15.4. The van der Waals surface area contributed by atoms with E-state index >= 15 is 0 Å². The van der Waals surface area contributed by atoms with E-state index in [1.807, 2.05) is 49.1 Å². The van der Waals surface area contributed by atoms with Gasteiger partial charge in [-0.05, 0) is 55.3 Å². The number of hydrogen-bond donors (Lipinski definition) is 2.